The second-order valence-electron chi connectivity index (χ2n) is 5.02. The van der Waals surface area contributed by atoms with Gasteiger partial charge in [0.2, 0.25) is 0 Å². The second-order valence-corrected chi connectivity index (χ2v) is 5.02. The standard InChI is InChI=1S/C17H21NO/c1-13(2)14-7-9-16(10-8-14)19-12-11-15-5-3-4-6-17(15)18/h3-10,13H,11-12,18H2,1-2H3. The number of nitrogen functional groups attached to an aromatic ring is 1. The van der Waals surface area contributed by atoms with Crippen molar-refractivity contribution in [2.45, 2.75) is 26.2 Å². The fraction of sp³-hybridized carbons (Fsp3) is 0.294. The van der Waals surface area contributed by atoms with Crippen molar-refractivity contribution in [3.63, 3.8) is 0 Å². The summed E-state index contributed by atoms with van der Waals surface area (Å²) in [6.45, 7) is 5.03. The maximum Gasteiger partial charge on any atom is 0.119 e. The maximum atomic E-state index is 5.90. The molecule has 0 unspecified atom stereocenters. The van der Waals surface area contributed by atoms with Gasteiger partial charge in [-0.1, -0.05) is 44.2 Å². The summed E-state index contributed by atoms with van der Waals surface area (Å²) in [4.78, 5) is 0. The third-order valence-corrected chi connectivity index (χ3v) is 3.24. The van der Waals surface area contributed by atoms with Gasteiger partial charge in [0.15, 0.2) is 0 Å². The number of anilines is 1. The predicted octanol–water partition coefficient (Wildman–Crippen LogP) is 4.01. The van der Waals surface area contributed by atoms with Gasteiger partial charge in [0.05, 0.1) is 6.61 Å². The van der Waals surface area contributed by atoms with E-state index in [4.69, 9.17) is 10.5 Å². The fourth-order valence-corrected chi connectivity index (χ4v) is 1.99. The molecule has 0 aliphatic rings. The molecular formula is C17H21NO. The van der Waals surface area contributed by atoms with Crippen LogP contribution < -0.4 is 10.5 Å². The molecule has 0 aromatic heterocycles. The van der Waals surface area contributed by atoms with E-state index >= 15 is 0 Å². The Bertz CT molecular complexity index is 517. The molecule has 2 aromatic rings. The van der Waals surface area contributed by atoms with E-state index in [0.29, 0.717) is 12.5 Å². The molecule has 0 saturated heterocycles. The number of nitrogens with two attached hydrogens (primary N) is 1. The van der Waals surface area contributed by atoms with Crippen LogP contribution in [0.1, 0.15) is 30.9 Å². The van der Waals surface area contributed by atoms with Crippen LogP contribution in [0.2, 0.25) is 0 Å². The van der Waals surface area contributed by atoms with Gasteiger partial charge in [-0.3, -0.25) is 0 Å². The van der Waals surface area contributed by atoms with E-state index in [1.165, 1.54) is 5.56 Å². The molecule has 0 amide bonds. The first-order valence-electron chi connectivity index (χ1n) is 6.73. The summed E-state index contributed by atoms with van der Waals surface area (Å²) < 4.78 is 5.74. The first-order valence-corrected chi connectivity index (χ1v) is 6.73. The van der Waals surface area contributed by atoms with Gasteiger partial charge >= 0.3 is 0 Å². The molecule has 19 heavy (non-hydrogen) atoms. The molecule has 2 nitrogen and oxygen atoms in total. The summed E-state index contributed by atoms with van der Waals surface area (Å²) in [6.07, 6.45) is 0.832. The van der Waals surface area contributed by atoms with Crippen LogP contribution >= 0.6 is 0 Å². The van der Waals surface area contributed by atoms with Crippen LogP contribution in [0.3, 0.4) is 0 Å². The molecule has 0 aliphatic carbocycles. The van der Waals surface area contributed by atoms with Gasteiger partial charge < -0.3 is 10.5 Å². The fourth-order valence-electron chi connectivity index (χ4n) is 1.99. The molecular weight excluding hydrogens is 234 g/mol. The highest BCUT2D eigenvalue weighted by molar-refractivity contribution is 5.46. The minimum Gasteiger partial charge on any atom is -0.493 e. The lowest BCUT2D eigenvalue weighted by Gasteiger charge is -2.10. The molecule has 2 rings (SSSR count). The molecule has 0 bridgehead atoms. The Hall–Kier alpha value is -1.96. The van der Waals surface area contributed by atoms with E-state index < -0.39 is 0 Å². The molecule has 0 aliphatic heterocycles. The second kappa shape index (κ2) is 6.28. The van der Waals surface area contributed by atoms with Crippen molar-refractivity contribution in [3.8, 4) is 5.75 Å². The van der Waals surface area contributed by atoms with Crippen molar-refractivity contribution in [1.82, 2.24) is 0 Å². The Morgan fingerprint density at radius 1 is 1.00 bits per heavy atom. The zero-order chi connectivity index (χ0) is 13.7. The number of ether oxygens (including phenoxy) is 1. The number of hydrogen-bond acceptors (Lipinski definition) is 2. The molecule has 0 fully saturated rings. The maximum absolute atomic E-state index is 5.90. The van der Waals surface area contributed by atoms with Crippen LogP contribution in [-0.2, 0) is 6.42 Å². The quantitative estimate of drug-likeness (QED) is 0.819. The lowest BCUT2D eigenvalue weighted by molar-refractivity contribution is 0.322. The molecule has 2 heteroatoms. The van der Waals surface area contributed by atoms with Gasteiger partial charge in [0, 0.05) is 12.1 Å². The van der Waals surface area contributed by atoms with Gasteiger partial charge in [-0.2, -0.15) is 0 Å². The summed E-state index contributed by atoms with van der Waals surface area (Å²) in [5.41, 5.74) is 9.21. The Morgan fingerprint density at radius 2 is 1.68 bits per heavy atom. The number of benzene rings is 2. The van der Waals surface area contributed by atoms with E-state index in [-0.39, 0.29) is 0 Å². The van der Waals surface area contributed by atoms with Crippen LogP contribution in [0.25, 0.3) is 0 Å². The summed E-state index contributed by atoms with van der Waals surface area (Å²) in [6, 6.07) is 16.2. The molecule has 0 heterocycles. The highest BCUT2D eigenvalue weighted by atomic mass is 16.5. The van der Waals surface area contributed by atoms with E-state index in [1.807, 2.05) is 36.4 Å². The predicted molar refractivity (Wildman–Crippen MR) is 80.6 cm³/mol. The van der Waals surface area contributed by atoms with Crippen LogP contribution in [-0.4, -0.2) is 6.61 Å². The molecule has 0 atom stereocenters. The lowest BCUT2D eigenvalue weighted by atomic mass is 10.0. The third kappa shape index (κ3) is 3.75. The summed E-state index contributed by atoms with van der Waals surface area (Å²) in [5, 5.41) is 0. The first kappa shape index (κ1) is 13.5. The number of rotatable bonds is 5. The van der Waals surface area contributed by atoms with E-state index in [0.717, 1.165) is 23.4 Å². The van der Waals surface area contributed by atoms with Gasteiger partial charge in [-0.05, 0) is 35.2 Å². The molecule has 100 valence electrons. The summed E-state index contributed by atoms with van der Waals surface area (Å²) in [7, 11) is 0. The summed E-state index contributed by atoms with van der Waals surface area (Å²) in [5.74, 6) is 1.47. The van der Waals surface area contributed by atoms with E-state index in [1.54, 1.807) is 0 Å². The topological polar surface area (TPSA) is 35.2 Å². The average molecular weight is 255 g/mol. The largest absolute Gasteiger partial charge is 0.493 e. The van der Waals surface area contributed by atoms with Crippen molar-refractivity contribution in [1.29, 1.82) is 0 Å². The Morgan fingerprint density at radius 3 is 2.32 bits per heavy atom. The Kier molecular flexibility index (Phi) is 4.45. The van der Waals surface area contributed by atoms with Crippen molar-refractivity contribution in [3.05, 3.63) is 59.7 Å². The molecule has 0 radical (unpaired) electrons. The van der Waals surface area contributed by atoms with Crippen molar-refractivity contribution < 1.29 is 4.74 Å². The van der Waals surface area contributed by atoms with Crippen LogP contribution in [0.4, 0.5) is 5.69 Å². The van der Waals surface area contributed by atoms with Crippen LogP contribution in [0.15, 0.2) is 48.5 Å². The minimum absolute atomic E-state index is 0.554. The monoisotopic (exact) mass is 255 g/mol. The van der Waals surface area contributed by atoms with Crippen molar-refractivity contribution in [2.75, 3.05) is 12.3 Å². The normalized spacial score (nSPS) is 10.7. The van der Waals surface area contributed by atoms with Gasteiger partial charge in [-0.25, -0.2) is 0 Å². The molecule has 0 saturated carbocycles. The van der Waals surface area contributed by atoms with Crippen molar-refractivity contribution >= 4 is 5.69 Å². The zero-order valence-electron chi connectivity index (χ0n) is 11.6. The minimum atomic E-state index is 0.554. The van der Waals surface area contributed by atoms with Crippen LogP contribution in [0.5, 0.6) is 5.75 Å². The van der Waals surface area contributed by atoms with Gasteiger partial charge in [0.1, 0.15) is 5.75 Å². The highest BCUT2D eigenvalue weighted by Gasteiger charge is 2.01. The highest BCUT2D eigenvalue weighted by Crippen LogP contribution is 2.19. The third-order valence-electron chi connectivity index (χ3n) is 3.24. The molecule has 2 N–H and O–H groups in total. The Balaban J connectivity index is 1.87. The average Bonchev–Trinajstić information content (AvgIpc) is 2.41. The zero-order valence-corrected chi connectivity index (χ0v) is 11.6. The SMILES string of the molecule is CC(C)c1ccc(OCCc2ccccc2N)cc1. The lowest BCUT2D eigenvalue weighted by Crippen LogP contribution is -2.03. The van der Waals surface area contributed by atoms with E-state index in [2.05, 4.69) is 26.0 Å². The summed E-state index contributed by atoms with van der Waals surface area (Å²) >= 11 is 0. The number of hydrogen-bond donors (Lipinski definition) is 1. The van der Waals surface area contributed by atoms with Crippen molar-refractivity contribution in [2.24, 2.45) is 0 Å². The van der Waals surface area contributed by atoms with Gasteiger partial charge in [0.25, 0.3) is 0 Å². The molecule has 2 aromatic carbocycles. The number of para-hydroxylation sites is 1. The first-order chi connectivity index (χ1) is 9.16. The Labute approximate surface area is 115 Å². The van der Waals surface area contributed by atoms with Gasteiger partial charge in [-0.15, -0.1) is 0 Å². The van der Waals surface area contributed by atoms with Crippen LogP contribution in [0, 0.1) is 0 Å². The molecule has 0 spiro atoms. The van der Waals surface area contributed by atoms with E-state index in [9.17, 15) is 0 Å². The smallest absolute Gasteiger partial charge is 0.119 e.